The van der Waals surface area contributed by atoms with Crippen molar-refractivity contribution in [2.45, 2.75) is 253 Å². The maximum Gasteiger partial charge on any atom is 0.417 e. The fourth-order valence-corrected chi connectivity index (χ4v) is 14.6. The van der Waals surface area contributed by atoms with Gasteiger partial charge < -0.3 is 51.3 Å². The zero-order valence-electron chi connectivity index (χ0n) is 57.2. The molecule has 2 saturated heterocycles. The highest BCUT2D eigenvalue weighted by molar-refractivity contribution is 6.31. The lowest BCUT2D eigenvalue weighted by Crippen LogP contribution is -2.73. The third-order valence-electron chi connectivity index (χ3n) is 20.3. The summed E-state index contributed by atoms with van der Waals surface area (Å²) in [6.45, 7) is 41.0. The van der Waals surface area contributed by atoms with E-state index in [0.29, 0.717) is 91.5 Å². The van der Waals surface area contributed by atoms with Crippen LogP contribution in [0, 0.1) is 30.6 Å². The summed E-state index contributed by atoms with van der Waals surface area (Å²) in [5.41, 5.74) is 5.56. The maximum absolute atomic E-state index is 13.7. The smallest absolute Gasteiger partial charge is 0.369 e. The predicted molar refractivity (Wildman–Crippen MR) is 364 cm³/mol. The first-order valence-electron chi connectivity index (χ1n) is 34.2. The molecule has 3 fully saturated rings. The lowest BCUT2D eigenvalue weighted by molar-refractivity contribution is -0.137. The van der Waals surface area contributed by atoms with Gasteiger partial charge in [0.25, 0.3) is 0 Å². The monoisotopic (exact) mass is 1250 g/mol. The zero-order valence-corrected chi connectivity index (χ0v) is 57.9. The Hall–Kier alpha value is -3.93. The van der Waals surface area contributed by atoms with Crippen LogP contribution in [0.1, 0.15) is 183 Å². The van der Waals surface area contributed by atoms with Gasteiger partial charge in [0.1, 0.15) is 6.23 Å². The molecule has 5 unspecified atom stereocenters. The highest BCUT2D eigenvalue weighted by Gasteiger charge is 2.50. The van der Waals surface area contributed by atoms with Crippen molar-refractivity contribution in [1.82, 2.24) is 51.5 Å². The van der Waals surface area contributed by atoms with Crippen molar-refractivity contribution in [2.24, 2.45) is 28.7 Å². The Morgan fingerprint density at radius 3 is 2.16 bits per heavy atom. The number of benzene rings is 2. The second kappa shape index (κ2) is 35.2. The summed E-state index contributed by atoms with van der Waals surface area (Å²) in [7, 11) is 2.04. The molecule has 3 heterocycles. The molecule has 12 nitrogen and oxygen atoms in total. The fraction of sp³-hybridized carbons (Fsp3) is 0.708. The Kier molecular flexibility index (Phi) is 29.3. The molecule has 1 aliphatic carbocycles. The number of nitrogens with zero attached hydrogens (tertiary/aromatic N) is 5. The van der Waals surface area contributed by atoms with E-state index >= 15 is 0 Å². The molecular weight excluding hydrogens is 1130 g/mol. The van der Waals surface area contributed by atoms with Crippen molar-refractivity contribution in [3.63, 3.8) is 0 Å². The number of hydrogen-bond donors (Lipinski definition) is 6. The van der Waals surface area contributed by atoms with Crippen LogP contribution in [0.2, 0.25) is 5.02 Å². The molecule has 0 bridgehead atoms. The molecule has 3 aliphatic heterocycles. The molecule has 4 aliphatic rings. The van der Waals surface area contributed by atoms with Gasteiger partial charge in [-0.1, -0.05) is 122 Å². The van der Waals surface area contributed by atoms with Crippen LogP contribution >= 0.6 is 11.6 Å². The molecule has 2 aromatic rings. The second-order valence-electron chi connectivity index (χ2n) is 27.4. The van der Waals surface area contributed by atoms with Gasteiger partial charge >= 0.3 is 6.18 Å². The minimum atomic E-state index is -4.53. The minimum Gasteiger partial charge on any atom is -0.369 e. The largest absolute Gasteiger partial charge is 0.417 e. The summed E-state index contributed by atoms with van der Waals surface area (Å²) in [5.74, 6) is 2.16. The summed E-state index contributed by atoms with van der Waals surface area (Å²) >= 11 is 6.23. The highest BCUT2D eigenvalue weighted by atomic mass is 35.5. The van der Waals surface area contributed by atoms with Crippen LogP contribution in [0.5, 0.6) is 0 Å². The Morgan fingerprint density at radius 2 is 1.51 bits per heavy atom. The van der Waals surface area contributed by atoms with Crippen molar-refractivity contribution in [3.05, 3.63) is 118 Å². The summed E-state index contributed by atoms with van der Waals surface area (Å²) in [4.78, 5) is 15.0. The van der Waals surface area contributed by atoms with Crippen LogP contribution in [0.15, 0.2) is 95.9 Å². The topological polar surface area (TPSA) is 107 Å². The maximum atomic E-state index is 13.7. The van der Waals surface area contributed by atoms with Gasteiger partial charge in [0.05, 0.1) is 10.6 Å². The molecule has 13 atom stereocenters. The lowest BCUT2D eigenvalue weighted by atomic mass is 9.76. The van der Waals surface area contributed by atoms with Crippen molar-refractivity contribution < 1.29 is 17.9 Å². The van der Waals surface area contributed by atoms with E-state index in [9.17, 15) is 13.2 Å². The van der Waals surface area contributed by atoms with Gasteiger partial charge in [0.15, 0.2) is 0 Å². The number of hydrogen-bond acceptors (Lipinski definition) is 12. The number of nitrogens with one attached hydrogen (secondary N) is 6. The molecule has 88 heavy (non-hydrogen) atoms. The first-order chi connectivity index (χ1) is 41.9. The van der Waals surface area contributed by atoms with E-state index in [4.69, 9.17) is 21.3 Å². The van der Waals surface area contributed by atoms with E-state index in [1.165, 1.54) is 41.8 Å². The van der Waals surface area contributed by atoms with Crippen molar-refractivity contribution >= 4 is 17.3 Å². The molecule has 1 spiro atoms. The van der Waals surface area contributed by atoms with Crippen molar-refractivity contribution in [3.8, 4) is 0 Å². The van der Waals surface area contributed by atoms with Crippen LogP contribution in [0.3, 0.4) is 0 Å². The van der Waals surface area contributed by atoms with E-state index in [1.54, 1.807) is 0 Å². The van der Waals surface area contributed by atoms with E-state index in [-0.39, 0.29) is 34.9 Å². The van der Waals surface area contributed by atoms with Crippen LogP contribution < -0.4 is 31.9 Å². The molecule has 6 rings (SSSR count). The first kappa shape index (κ1) is 73.1. The van der Waals surface area contributed by atoms with Gasteiger partial charge in [-0.15, -0.1) is 0 Å². The van der Waals surface area contributed by atoms with Crippen LogP contribution in [-0.4, -0.2) is 144 Å². The average molecular weight is 1250 g/mol. The Bertz CT molecular complexity index is 2550. The van der Waals surface area contributed by atoms with E-state index in [2.05, 4.69) is 185 Å². The molecular formula is C72H119ClF3N11O. The van der Waals surface area contributed by atoms with Crippen molar-refractivity contribution in [1.29, 1.82) is 0 Å². The summed E-state index contributed by atoms with van der Waals surface area (Å²) < 4.78 is 47.5. The Labute approximate surface area is 537 Å². The third kappa shape index (κ3) is 21.1. The summed E-state index contributed by atoms with van der Waals surface area (Å²) in [6.07, 6.45) is 19.2. The number of ether oxygens (including phenoxy) is 1. The third-order valence-corrected chi connectivity index (χ3v) is 20.7. The number of aliphatic imine (C=N–C) groups is 1. The molecule has 2 aromatic carbocycles. The van der Waals surface area contributed by atoms with Gasteiger partial charge in [0, 0.05) is 167 Å². The number of rotatable bonds is 14. The highest BCUT2D eigenvalue weighted by Crippen LogP contribution is 2.40. The number of allylic oxidation sites excluding steroid dienone is 3. The molecule has 0 aromatic heterocycles. The molecule has 0 amide bonds. The lowest BCUT2D eigenvalue weighted by Gasteiger charge is -2.60. The fourth-order valence-electron chi connectivity index (χ4n) is 14.3. The van der Waals surface area contributed by atoms with Crippen LogP contribution in [-0.2, 0) is 23.8 Å². The predicted octanol–water partition coefficient (Wildman–Crippen LogP) is 14.0. The SMILES string of the molecule is CCO[C@@H]1CNCC2(CCCC2)NC(C)[C@H]([C@@H](C)CC)N2C(C)[C@@H](C)C2CNC(C)[C@H](CC(C)C)NC[C@H]([C@@H](C)CC)NC(C)[C@H](C)N2CCCC2=CN(CC)C(Cc2ccc(C)cc2)=CN(C)C=CN=C(CCc2ccc(C(F)(F)F)c(Cl)c2)C=CN1. The van der Waals surface area contributed by atoms with Gasteiger partial charge in [-0.3, -0.25) is 9.89 Å². The van der Waals surface area contributed by atoms with E-state index < -0.39 is 11.7 Å². The summed E-state index contributed by atoms with van der Waals surface area (Å²) in [5, 5.41) is 24.0. The van der Waals surface area contributed by atoms with Crippen LogP contribution in [0.25, 0.3) is 0 Å². The van der Waals surface area contributed by atoms with Gasteiger partial charge in [-0.25, -0.2) is 0 Å². The second-order valence-corrected chi connectivity index (χ2v) is 27.8. The normalized spacial score (nSPS) is 29.1. The molecule has 496 valence electrons. The number of halogens is 4. The molecule has 1 saturated carbocycles. The molecule has 6 N–H and O–H groups in total. The van der Waals surface area contributed by atoms with Gasteiger partial charge in [-0.2, -0.15) is 13.2 Å². The van der Waals surface area contributed by atoms with Gasteiger partial charge in [-0.05, 0) is 153 Å². The number of fused-ring (bicyclic) bond motifs is 2. The number of alkyl halides is 3. The zero-order chi connectivity index (χ0) is 64.3. The standard InChI is InChI=1S/C72H119ClF3N11O/c1-17-51(8)67-43-81-66(40-49(5)6)55(12)80-44-68-53(10)57(14)87(68)70(52(9)18-2)56(13)83-71(34-21-22-35-71)48-77-45-69(88-20-4)79-36-33-61(31-29-60-30-32-64(65(73)42-60)72(74,75)76)78-37-39-84(16)46-63(41-59-27-25-50(7)26-28-59)85(19-3)47-62-24-23-38-86(62)58(15)54(11)82-67/h25-28,30,32-33,36-37,39,42,46-47,49,51-58,66-70,77,79-83H,17-24,29,31,34-35,38,40-41,43-45,48H2,1-16H3/t51-,52-,53+,54?,55?,56?,57?,58-,66-,67+,68?,69+,70-/m0/s1. The Balaban J connectivity index is 1.37. The van der Waals surface area contributed by atoms with E-state index in [0.717, 1.165) is 102 Å². The van der Waals surface area contributed by atoms with E-state index in [1.807, 2.05) is 38.6 Å². The van der Waals surface area contributed by atoms with Crippen molar-refractivity contribution in [2.75, 3.05) is 52.9 Å². The van der Waals surface area contributed by atoms with Gasteiger partial charge in [0.2, 0.25) is 0 Å². The first-order valence-corrected chi connectivity index (χ1v) is 34.6. The Morgan fingerprint density at radius 1 is 0.807 bits per heavy atom. The minimum absolute atomic E-state index is 0.0377. The number of aryl methyl sites for hydroxylation is 2. The molecule has 0 radical (unpaired) electrons. The average Bonchev–Trinajstić information content (AvgIpc) is 0.993. The quantitative estimate of drug-likeness (QED) is 0.109. The number of likely N-dealkylation sites (N-methyl/N-ethyl adjacent to an activating group) is 1. The summed E-state index contributed by atoms with van der Waals surface area (Å²) in [6, 6.07) is 15.9. The van der Waals surface area contributed by atoms with Crippen LogP contribution in [0.4, 0.5) is 13.2 Å². The molecule has 16 heteroatoms.